The van der Waals surface area contributed by atoms with E-state index in [1.54, 1.807) is 6.07 Å². The predicted octanol–water partition coefficient (Wildman–Crippen LogP) is 5.63. The van der Waals surface area contributed by atoms with Crippen LogP contribution in [0.15, 0.2) is 22.6 Å². The van der Waals surface area contributed by atoms with Crippen LogP contribution >= 0.6 is 23.4 Å². The van der Waals surface area contributed by atoms with Gasteiger partial charge in [0.05, 0.1) is 23.3 Å². The van der Waals surface area contributed by atoms with Crippen molar-refractivity contribution in [2.45, 2.75) is 86.7 Å². The Morgan fingerprint density at radius 1 is 1.25 bits per heavy atom. The first-order chi connectivity index (χ1) is 17.4. The van der Waals surface area contributed by atoms with Crippen molar-refractivity contribution >= 4 is 29.1 Å². The number of nitrogens with one attached hydrogen (secondary N) is 1. The topological polar surface area (TPSA) is 86.5 Å². The summed E-state index contributed by atoms with van der Waals surface area (Å²) in [6.07, 6.45) is 11.4. The molecule has 2 aliphatic carbocycles. The Labute approximate surface area is 220 Å². The summed E-state index contributed by atoms with van der Waals surface area (Å²) in [5.41, 5.74) is 0. The molecule has 2 saturated carbocycles. The van der Waals surface area contributed by atoms with Crippen LogP contribution < -0.4 is 10.1 Å². The zero-order valence-corrected chi connectivity index (χ0v) is 22.1. The number of Topliss-reactive ketones (excluding diaryl/α,β-unsaturated/α-hetero) is 1. The molecule has 10 heteroatoms. The van der Waals surface area contributed by atoms with E-state index in [1.807, 2.05) is 11.8 Å². The summed E-state index contributed by atoms with van der Waals surface area (Å²) >= 11 is 7.53. The lowest BCUT2D eigenvalue weighted by Crippen LogP contribution is -2.44. The summed E-state index contributed by atoms with van der Waals surface area (Å²) in [4.78, 5) is 12.3. The maximum atomic E-state index is 13.5. The Balaban J connectivity index is 1.03. The standard InChI is InChI=1S/C26H33ClFN3O4S/c1-36-26(9-2-3-17(32)14-33-19-6-7-21(27)22(28)13-19)10-8-23(29-15-26)25-31-30-24(35-25)16-11-20(12-16)34-18-4-5-18/h6-7,13,16,18,20,23,29H,2-5,8-12,14-15H2,1H3/t16?,20?,23-,26-/m1/s1. The average Bonchev–Trinajstić information content (AvgIpc) is 3.56. The molecule has 2 aromatic rings. The van der Waals surface area contributed by atoms with E-state index in [2.05, 4.69) is 21.8 Å². The minimum absolute atomic E-state index is 0.00223. The molecule has 196 valence electrons. The normalized spacial score (nSPS) is 28.0. The number of carbonyl (C=O) groups is 1. The minimum Gasteiger partial charge on any atom is -0.486 e. The number of thioether (sulfide) groups is 1. The Hall–Kier alpha value is -1.68. The van der Waals surface area contributed by atoms with Crippen molar-refractivity contribution in [1.29, 1.82) is 0 Å². The highest BCUT2D eigenvalue weighted by molar-refractivity contribution is 8.00. The van der Waals surface area contributed by atoms with Gasteiger partial charge in [0.2, 0.25) is 11.8 Å². The second kappa shape index (κ2) is 11.4. The summed E-state index contributed by atoms with van der Waals surface area (Å²) in [6, 6.07) is 4.25. The molecule has 2 heterocycles. The molecule has 0 radical (unpaired) electrons. The Bertz CT molecular complexity index is 1050. The molecular weight excluding hydrogens is 505 g/mol. The SMILES string of the molecule is CS[C@]1(CCCC(=O)COc2ccc(Cl)c(F)c2)CC[C@H](c2nnc(C3CC(OC4CC4)C3)o2)NC1. The van der Waals surface area contributed by atoms with Crippen LogP contribution in [0, 0.1) is 5.82 Å². The Morgan fingerprint density at radius 2 is 2.06 bits per heavy atom. The lowest BCUT2D eigenvalue weighted by molar-refractivity contribution is -0.121. The van der Waals surface area contributed by atoms with E-state index < -0.39 is 5.82 Å². The number of halogens is 2. The van der Waals surface area contributed by atoms with Crippen LogP contribution in [0.1, 0.15) is 81.5 Å². The maximum absolute atomic E-state index is 13.5. The molecule has 7 nitrogen and oxygen atoms in total. The summed E-state index contributed by atoms with van der Waals surface area (Å²) in [7, 11) is 0. The van der Waals surface area contributed by atoms with E-state index in [0.717, 1.165) is 51.0 Å². The highest BCUT2D eigenvalue weighted by Gasteiger charge is 2.40. The predicted molar refractivity (Wildman–Crippen MR) is 136 cm³/mol. The van der Waals surface area contributed by atoms with Crippen LogP contribution in [0.4, 0.5) is 4.39 Å². The fourth-order valence-electron chi connectivity index (χ4n) is 4.92. The number of carbonyl (C=O) groups excluding carboxylic acids is 1. The number of ketones is 1. The summed E-state index contributed by atoms with van der Waals surface area (Å²) in [6.45, 7) is 0.758. The van der Waals surface area contributed by atoms with Gasteiger partial charge in [0.1, 0.15) is 18.2 Å². The summed E-state index contributed by atoms with van der Waals surface area (Å²) in [5, 5.41) is 12.3. The van der Waals surface area contributed by atoms with Gasteiger partial charge in [0, 0.05) is 29.7 Å². The van der Waals surface area contributed by atoms with Gasteiger partial charge in [-0.2, -0.15) is 11.8 Å². The van der Waals surface area contributed by atoms with Crippen molar-refractivity contribution in [3.8, 4) is 5.75 Å². The largest absolute Gasteiger partial charge is 0.486 e. The number of hydrogen-bond donors (Lipinski definition) is 1. The molecule has 0 spiro atoms. The first-order valence-electron chi connectivity index (χ1n) is 12.8. The smallest absolute Gasteiger partial charge is 0.233 e. The minimum atomic E-state index is -0.557. The van der Waals surface area contributed by atoms with Gasteiger partial charge in [-0.15, -0.1) is 10.2 Å². The molecule has 1 aromatic heterocycles. The fourth-order valence-corrected chi connectivity index (χ4v) is 5.94. The number of piperidine rings is 1. The van der Waals surface area contributed by atoms with Crippen molar-refractivity contribution in [1.82, 2.24) is 15.5 Å². The lowest BCUT2D eigenvalue weighted by atomic mass is 9.82. The second-order valence-electron chi connectivity index (χ2n) is 10.2. The molecule has 36 heavy (non-hydrogen) atoms. The third kappa shape index (κ3) is 6.41. The van der Waals surface area contributed by atoms with E-state index in [1.165, 1.54) is 25.0 Å². The molecule has 5 rings (SSSR count). The molecule has 2 atom stereocenters. The van der Waals surface area contributed by atoms with Gasteiger partial charge in [0.15, 0.2) is 5.78 Å². The number of ether oxygens (including phenoxy) is 2. The van der Waals surface area contributed by atoms with Gasteiger partial charge < -0.3 is 19.2 Å². The van der Waals surface area contributed by atoms with Gasteiger partial charge in [-0.3, -0.25) is 4.79 Å². The number of benzene rings is 1. The first-order valence-corrected chi connectivity index (χ1v) is 14.4. The zero-order valence-electron chi connectivity index (χ0n) is 20.5. The van der Waals surface area contributed by atoms with Gasteiger partial charge in [-0.1, -0.05) is 11.6 Å². The van der Waals surface area contributed by atoms with Crippen molar-refractivity contribution in [3.63, 3.8) is 0 Å². The molecule has 1 saturated heterocycles. The van der Waals surface area contributed by atoms with Gasteiger partial charge >= 0.3 is 0 Å². The maximum Gasteiger partial charge on any atom is 0.233 e. The molecule has 0 bridgehead atoms. The van der Waals surface area contributed by atoms with Crippen LogP contribution in [0.5, 0.6) is 5.75 Å². The fraction of sp³-hybridized carbons (Fsp3) is 0.654. The number of aromatic nitrogens is 2. The van der Waals surface area contributed by atoms with Crippen LogP contribution in [0.3, 0.4) is 0 Å². The quantitative estimate of drug-likeness (QED) is 0.372. The van der Waals surface area contributed by atoms with Crippen LogP contribution in [0.25, 0.3) is 0 Å². The van der Waals surface area contributed by atoms with Gasteiger partial charge in [-0.05, 0) is 69.8 Å². The van der Waals surface area contributed by atoms with Crippen molar-refractivity contribution in [2.24, 2.45) is 0 Å². The molecular formula is C26H33ClFN3O4S. The van der Waals surface area contributed by atoms with Gasteiger partial charge in [0.25, 0.3) is 0 Å². The van der Waals surface area contributed by atoms with Crippen LogP contribution in [-0.4, -0.2) is 52.3 Å². The highest BCUT2D eigenvalue weighted by atomic mass is 35.5. The van der Waals surface area contributed by atoms with Crippen LogP contribution in [0.2, 0.25) is 5.02 Å². The van der Waals surface area contributed by atoms with E-state index >= 15 is 0 Å². The molecule has 1 aliphatic heterocycles. The van der Waals surface area contributed by atoms with E-state index in [9.17, 15) is 9.18 Å². The second-order valence-corrected chi connectivity index (χ2v) is 11.9. The van der Waals surface area contributed by atoms with E-state index in [0.29, 0.717) is 36.2 Å². The number of hydrogen-bond acceptors (Lipinski definition) is 8. The number of nitrogens with zero attached hydrogens (tertiary/aromatic N) is 2. The Morgan fingerprint density at radius 3 is 2.75 bits per heavy atom. The van der Waals surface area contributed by atoms with Crippen LogP contribution in [-0.2, 0) is 9.53 Å². The third-order valence-electron chi connectivity index (χ3n) is 7.48. The average molecular weight is 538 g/mol. The highest BCUT2D eigenvalue weighted by Crippen LogP contribution is 2.43. The molecule has 1 N–H and O–H groups in total. The molecule has 0 amide bonds. The van der Waals surface area contributed by atoms with E-state index in [4.69, 9.17) is 25.5 Å². The lowest BCUT2D eigenvalue weighted by Gasteiger charge is -2.39. The number of rotatable bonds is 12. The molecule has 3 aliphatic rings. The zero-order chi connectivity index (χ0) is 25.1. The van der Waals surface area contributed by atoms with Crippen molar-refractivity contribution < 1.29 is 23.1 Å². The first kappa shape index (κ1) is 25.9. The van der Waals surface area contributed by atoms with Gasteiger partial charge in [-0.25, -0.2) is 4.39 Å². The summed E-state index contributed by atoms with van der Waals surface area (Å²) < 4.78 is 31.0. The summed E-state index contributed by atoms with van der Waals surface area (Å²) in [5.74, 6) is 1.50. The monoisotopic (exact) mass is 537 g/mol. The Kier molecular flexibility index (Phi) is 8.20. The van der Waals surface area contributed by atoms with Crippen molar-refractivity contribution in [3.05, 3.63) is 40.8 Å². The van der Waals surface area contributed by atoms with Crippen molar-refractivity contribution in [2.75, 3.05) is 19.4 Å². The molecule has 3 fully saturated rings. The van der Waals surface area contributed by atoms with E-state index in [-0.39, 0.29) is 28.2 Å². The molecule has 1 aromatic carbocycles. The third-order valence-corrected chi connectivity index (χ3v) is 9.20. The molecule has 0 unspecified atom stereocenters.